The van der Waals surface area contributed by atoms with Crippen LogP contribution in [-0.2, 0) is 0 Å². The molecule has 18 heavy (non-hydrogen) atoms. The second-order valence-corrected chi connectivity index (χ2v) is 6.18. The molecule has 1 saturated heterocycles. The quantitative estimate of drug-likeness (QED) is 0.762. The van der Waals surface area contributed by atoms with Gasteiger partial charge in [-0.05, 0) is 73.7 Å². The van der Waals surface area contributed by atoms with Crippen molar-refractivity contribution in [3.05, 3.63) is 33.8 Å². The first kappa shape index (κ1) is 13.6. The van der Waals surface area contributed by atoms with Crippen LogP contribution in [0.5, 0.6) is 0 Å². The minimum absolute atomic E-state index is 0.154. The van der Waals surface area contributed by atoms with Crippen molar-refractivity contribution in [3.8, 4) is 0 Å². The van der Waals surface area contributed by atoms with Gasteiger partial charge in [0.15, 0.2) is 0 Å². The predicted octanol–water partition coefficient (Wildman–Crippen LogP) is 4.16. The van der Waals surface area contributed by atoms with Gasteiger partial charge in [0.25, 0.3) is 5.91 Å². The summed E-state index contributed by atoms with van der Waals surface area (Å²) in [5, 5.41) is 0. The van der Waals surface area contributed by atoms with Crippen LogP contribution in [0.3, 0.4) is 0 Å². The molecule has 1 amide bonds. The lowest BCUT2D eigenvalue weighted by molar-refractivity contribution is 0.0510. The SMILES string of the molecule is Cc1ccc(C(=O)N2C(C)CCCC2C)c(Br)c1. The molecule has 1 aromatic rings. The third kappa shape index (κ3) is 2.61. The Hall–Kier alpha value is -0.830. The number of carbonyl (C=O) groups is 1. The van der Waals surface area contributed by atoms with Crippen molar-refractivity contribution in [1.82, 2.24) is 4.90 Å². The molecule has 2 nitrogen and oxygen atoms in total. The zero-order valence-corrected chi connectivity index (χ0v) is 12.8. The van der Waals surface area contributed by atoms with Crippen LogP contribution in [0, 0.1) is 6.92 Å². The van der Waals surface area contributed by atoms with Crippen LogP contribution in [-0.4, -0.2) is 22.9 Å². The molecule has 1 aliphatic heterocycles. The molecule has 0 bridgehead atoms. The molecule has 3 heteroatoms. The van der Waals surface area contributed by atoms with Crippen LogP contribution in [0.15, 0.2) is 22.7 Å². The number of nitrogens with zero attached hydrogens (tertiary/aromatic N) is 1. The van der Waals surface area contributed by atoms with E-state index in [1.807, 2.05) is 30.0 Å². The highest BCUT2D eigenvalue weighted by Crippen LogP contribution is 2.27. The summed E-state index contributed by atoms with van der Waals surface area (Å²) < 4.78 is 0.900. The second-order valence-electron chi connectivity index (χ2n) is 5.32. The van der Waals surface area contributed by atoms with Gasteiger partial charge in [-0.25, -0.2) is 0 Å². The Balaban J connectivity index is 2.29. The summed E-state index contributed by atoms with van der Waals surface area (Å²) in [6, 6.07) is 6.61. The Bertz CT molecular complexity index is 448. The van der Waals surface area contributed by atoms with Gasteiger partial charge in [0, 0.05) is 16.6 Å². The van der Waals surface area contributed by atoms with E-state index in [2.05, 4.69) is 29.8 Å². The van der Waals surface area contributed by atoms with E-state index in [0.717, 1.165) is 28.4 Å². The predicted molar refractivity (Wildman–Crippen MR) is 77.8 cm³/mol. The Morgan fingerprint density at radius 3 is 2.44 bits per heavy atom. The molecule has 1 aliphatic rings. The van der Waals surface area contributed by atoms with Gasteiger partial charge in [-0.2, -0.15) is 0 Å². The fourth-order valence-corrected chi connectivity index (χ4v) is 3.42. The molecule has 0 aliphatic carbocycles. The number of hydrogen-bond acceptors (Lipinski definition) is 1. The highest BCUT2D eigenvalue weighted by molar-refractivity contribution is 9.10. The number of aryl methyl sites for hydroxylation is 1. The van der Waals surface area contributed by atoms with E-state index in [-0.39, 0.29) is 5.91 Å². The van der Waals surface area contributed by atoms with E-state index in [1.165, 1.54) is 6.42 Å². The molecule has 1 heterocycles. The summed E-state index contributed by atoms with van der Waals surface area (Å²) in [5.74, 6) is 0.154. The largest absolute Gasteiger partial charge is 0.333 e. The van der Waals surface area contributed by atoms with Crippen molar-refractivity contribution in [2.75, 3.05) is 0 Å². The Kier molecular flexibility index (Phi) is 4.10. The van der Waals surface area contributed by atoms with E-state index in [0.29, 0.717) is 12.1 Å². The first-order valence-corrected chi connectivity index (χ1v) is 7.39. The molecule has 2 atom stereocenters. The van der Waals surface area contributed by atoms with Crippen LogP contribution >= 0.6 is 15.9 Å². The number of benzene rings is 1. The highest BCUT2D eigenvalue weighted by atomic mass is 79.9. The lowest BCUT2D eigenvalue weighted by Crippen LogP contribution is -2.47. The maximum Gasteiger partial charge on any atom is 0.255 e. The highest BCUT2D eigenvalue weighted by Gasteiger charge is 2.30. The topological polar surface area (TPSA) is 20.3 Å². The fraction of sp³-hybridized carbons (Fsp3) is 0.533. The van der Waals surface area contributed by atoms with Gasteiger partial charge >= 0.3 is 0 Å². The van der Waals surface area contributed by atoms with Crippen molar-refractivity contribution in [1.29, 1.82) is 0 Å². The minimum Gasteiger partial charge on any atom is -0.333 e. The summed E-state index contributed by atoms with van der Waals surface area (Å²) in [7, 11) is 0. The van der Waals surface area contributed by atoms with Gasteiger partial charge < -0.3 is 4.90 Å². The van der Waals surface area contributed by atoms with Gasteiger partial charge in [-0.1, -0.05) is 6.07 Å². The lowest BCUT2D eigenvalue weighted by atomic mass is 9.96. The average molecular weight is 310 g/mol. The van der Waals surface area contributed by atoms with Gasteiger partial charge in [-0.3, -0.25) is 4.79 Å². The summed E-state index contributed by atoms with van der Waals surface area (Å²) >= 11 is 3.51. The number of hydrogen-bond donors (Lipinski definition) is 0. The first-order chi connectivity index (χ1) is 8.50. The van der Waals surface area contributed by atoms with Gasteiger partial charge in [-0.15, -0.1) is 0 Å². The van der Waals surface area contributed by atoms with Crippen LogP contribution < -0.4 is 0 Å². The number of halogens is 1. The number of rotatable bonds is 1. The molecule has 2 rings (SSSR count). The molecule has 1 aromatic carbocycles. The number of piperidine rings is 1. The molecular weight excluding hydrogens is 290 g/mol. The maximum absolute atomic E-state index is 12.6. The zero-order valence-electron chi connectivity index (χ0n) is 11.2. The molecule has 2 unspecified atom stereocenters. The van der Waals surface area contributed by atoms with Gasteiger partial charge in [0.1, 0.15) is 0 Å². The molecule has 0 radical (unpaired) electrons. The summed E-state index contributed by atoms with van der Waals surface area (Å²) in [6.45, 7) is 6.33. The van der Waals surface area contributed by atoms with Crippen molar-refractivity contribution < 1.29 is 4.79 Å². The van der Waals surface area contributed by atoms with Crippen molar-refractivity contribution in [3.63, 3.8) is 0 Å². The molecule has 0 saturated carbocycles. The van der Waals surface area contributed by atoms with E-state index in [9.17, 15) is 4.79 Å². The van der Waals surface area contributed by atoms with E-state index >= 15 is 0 Å². The first-order valence-electron chi connectivity index (χ1n) is 6.59. The van der Waals surface area contributed by atoms with Gasteiger partial charge in [0.05, 0.1) is 5.56 Å². The molecular formula is C15H20BrNO. The van der Waals surface area contributed by atoms with Crippen molar-refractivity contribution >= 4 is 21.8 Å². The zero-order chi connectivity index (χ0) is 13.3. The Morgan fingerprint density at radius 1 is 1.28 bits per heavy atom. The lowest BCUT2D eigenvalue weighted by Gasteiger charge is -2.39. The molecule has 1 fully saturated rings. The van der Waals surface area contributed by atoms with E-state index in [4.69, 9.17) is 0 Å². The smallest absolute Gasteiger partial charge is 0.255 e. The number of carbonyl (C=O) groups excluding carboxylic acids is 1. The number of likely N-dealkylation sites (tertiary alicyclic amines) is 1. The normalized spacial score (nSPS) is 24.1. The monoisotopic (exact) mass is 309 g/mol. The van der Waals surface area contributed by atoms with Gasteiger partial charge in [0.2, 0.25) is 0 Å². The van der Waals surface area contributed by atoms with Crippen LogP contribution in [0.25, 0.3) is 0 Å². The summed E-state index contributed by atoms with van der Waals surface area (Å²) in [5.41, 5.74) is 1.94. The second kappa shape index (κ2) is 5.43. The standard InChI is InChI=1S/C15H20BrNO/c1-10-7-8-13(14(16)9-10)15(18)17-11(2)5-4-6-12(17)3/h7-9,11-12H,4-6H2,1-3H3. The Labute approximate surface area is 117 Å². The summed E-state index contributed by atoms with van der Waals surface area (Å²) in [4.78, 5) is 14.7. The number of amides is 1. The third-order valence-electron chi connectivity index (χ3n) is 3.78. The Morgan fingerprint density at radius 2 is 1.89 bits per heavy atom. The van der Waals surface area contributed by atoms with E-state index < -0.39 is 0 Å². The molecule has 0 spiro atoms. The summed E-state index contributed by atoms with van der Waals surface area (Å²) in [6.07, 6.45) is 3.44. The average Bonchev–Trinajstić information content (AvgIpc) is 2.28. The third-order valence-corrected chi connectivity index (χ3v) is 4.44. The maximum atomic E-state index is 12.6. The van der Waals surface area contributed by atoms with Crippen molar-refractivity contribution in [2.45, 2.75) is 52.1 Å². The molecule has 0 aromatic heterocycles. The van der Waals surface area contributed by atoms with E-state index in [1.54, 1.807) is 0 Å². The van der Waals surface area contributed by atoms with Crippen LogP contribution in [0.2, 0.25) is 0 Å². The molecule has 98 valence electrons. The van der Waals surface area contributed by atoms with Crippen molar-refractivity contribution in [2.24, 2.45) is 0 Å². The minimum atomic E-state index is 0.154. The van der Waals surface area contributed by atoms with Crippen LogP contribution in [0.1, 0.15) is 49.0 Å². The molecule has 0 N–H and O–H groups in total. The fourth-order valence-electron chi connectivity index (χ4n) is 2.75. The van der Waals surface area contributed by atoms with Crippen LogP contribution in [0.4, 0.5) is 0 Å².